The van der Waals surface area contributed by atoms with Gasteiger partial charge in [0, 0.05) is 19.6 Å². The number of rotatable bonds is 3. The lowest BCUT2D eigenvalue weighted by molar-refractivity contribution is -0.133. The number of carbonyl (C=O) groups is 1. The van der Waals surface area contributed by atoms with Crippen LogP contribution in [0.15, 0.2) is 16.8 Å². The predicted octanol–water partition coefficient (Wildman–Crippen LogP) is 1.71. The van der Waals surface area contributed by atoms with Crippen LogP contribution in [-0.2, 0) is 21.2 Å². The maximum atomic E-state index is 12.5. The standard InChI is InChI=1S/C15H22N2O3S2/c1-22(19,20)17-8-3-6-15(17)5-2-7-16(12-15)14(18)10-13-4-9-21-11-13/h4,9,11H,2-3,5-8,10,12H2,1H3. The molecular weight excluding hydrogens is 320 g/mol. The molecule has 7 heteroatoms. The minimum Gasteiger partial charge on any atom is -0.341 e. The highest BCUT2D eigenvalue weighted by molar-refractivity contribution is 7.88. The molecule has 3 rings (SSSR count). The van der Waals surface area contributed by atoms with Crippen molar-refractivity contribution in [3.05, 3.63) is 22.4 Å². The van der Waals surface area contributed by atoms with Crippen LogP contribution < -0.4 is 0 Å². The van der Waals surface area contributed by atoms with Crippen LogP contribution in [0, 0.1) is 0 Å². The molecule has 0 bridgehead atoms. The molecule has 2 fully saturated rings. The van der Waals surface area contributed by atoms with Crippen molar-refractivity contribution in [2.75, 3.05) is 25.9 Å². The number of nitrogens with zero attached hydrogens (tertiary/aromatic N) is 2. The average molecular weight is 342 g/mol. The van der Waals surface area contributed by atoms with Crippen LogP contribution in [0.3, 0.4) is 0 Å². The van der Waals surface area contributed by atoms with Crippen molar-refractivity contribution in [1.82, 2.24) is 9.21 Å². The van der Waals surface area contributed by atoms with Gasteiger partial charge in [-0.3, -0.25) is 4.79 Å². The van der Waals surface area contributed by atoms with Gasteiger partial charge in [0.1, 0.15) is 0 Å². The first kappa shape index (κ1) is 16.0. The second-order valence-corrected chi connectivity index (χ2v) is 9.08. The summed E-state index contributed by atoms with van der Waals surface area (Å²) in [6, 6.07) is 1.97. The zero-order chi connectivity index (χ0) is 15.8. The molecule has 1 unspecified atom stereocenters. The second-order valence-electron chi connectivity index (χ2n) is 6.39. The van der Waals surface area contributed by atoms with Gasteiger partial charge in [-0.1, -0.05) is 0 Å². The maximum Gasteiger partial charge on any atom is 0.227 e. The maximum absolute atomic E-state index is 12.5. The summed E-state index contributed by atoms with van der Waals surface area (Å²) in [6.07, 6.45) is 5.19. The van der Waals surface area contributed by atoms with E-state index in [1.807, 2.05) is 21.7 Å². The van der Waals surface area contributed by atoms with Crippen molar-refractivity contribution in [3.8, 4) is 0 Å². The number of carbonyl (C=O) groups excluding carboxylic acids is 1. The molecule has 1 aromatic heterocycles. The van der Waals surface area contributed by atoms with Gasteiger partial charge in [0.2, 0.25) is 15.9 Å². The van der Waals surface area contributed by atoms with Gasteiger partial charge in [-0.2, -0.15) is 15.6 Å². The van der Waals surface area contributed by atoms with E-state index in [1.54, 1.807) is 15.6 Å². The normalized spacial score (nSPS) is 26.7. The minimum atomic E-state index is -3.21. The topological polar surface area (TPSA) is 57.7 Å². The van der Waals surface area contributed by atoms with Crippen molar-refractivity contribution >= 4 is 27.3 Å². The fraction of sp³-hybridized carbons (Fsp3) is 0.667. The number of thiophene rings is 1. The Morgan fingerprint density at radius 2 is 2.05 bits per heavy atom. The van der Waals surface area contributed by atoms with Gasteiger partial charge >= 0.3 is 0 Å². The lowest BCUT2D eigenvalue weighted by Crippen LogP contribution is -2.58. The third kappa shape index (κ3) is 3.07. The van der Waals surface area contributed by atoms with Crippen LogP contribution in [-0.4, -0.2) is 55.0 Å². The Balaban J connectivity index is 1.75. The van der Waals surface area contributed by atoms with E-state index in [9.17, 15) is 13.2 Å². The number of sulfonamides is 1. The Morgan fingerprint density at radius 3 is 2.68 bits per heavy atom. The highest BCUT2D eigenvalue weighted by Crippen LogP contribution is 2.38. The molecule has 1 aromatic rings. The highest BCUT2D eigenvalue weighted by atomic mass is 32.2. The van der Waals surface area contributed by atoms with E-state index < -0.39 is 10.0 Å². The molecule has 2 aliphatic heterocycles. The minimum absolute atomic E-state index is 0.109. The van der Waals surface area contributed by atoms with E-state index in [0.29, 0.717) is 19.5 Å². The first-order chi connectivity index (χ1) is 10.4. The molecule has 0 N–H and O–H groups in total. The summed E-state index contributed by atoms with van der Waals surface area (Å²) in [4.78, 5) is 14.4. The summed E-state index contributed by atoms with van der Waals surface area (Å²) in [6.45, 7) is 1.87. The lowest BCUT2D eigenvalue weighted by atomic mass is 9.87. The van der Waals surface area contributed by atoms with Crippen molar-refractivity contribution in [2.45, 2.75) is 37.6 Å². The third-order valence-corrected chi connectivity index (χ3v) is 6.88. The second kappa shape index (κ2) is 5.94. The van der Waals surface area contributed by atoms with Gasteiger partial charge in [-0.05, 0) is 48.1 Å². The average Bonchev–Trinajstić information content (AvgIpc) is 3.08. The van der Waals surface area contributed by atoms with Gasteiger partial charge in [-0.15, -0.1) is 0 Å². The van der Waals surface area contributed by atoms with E-state index in [0.717, 1.165) is 37.8 Å². The molecule has 2 saturated heterocycles. The summed E-state index contributed by atoms with van der Waals surface area (Å²) in [5.41, 5.74) is 0.678. The fourth-order valence-electron chi connectivity index (χ4n) is 3.84. The smallest absolute Gasteiger partial charge is 0.227 e. The molecule has 1 atom stereocenters. The van der Waals surface area contributed by atoms with Crippen LogP contribution >= 0.6 is 11.3 Å². The predicted molar refractivity (Wildman–Crippen MR) is 87.4 cm³/mol. The quantitative estimate of drug-likeness (QED) is 0.840. The molecule has 122 valence electrons. The number of likely N-dealkylation sites (tertiary alicyclic amines) is 1. The molecule has 3 heterocycles. The van der Waals surface area contributed by atoms with Crippen LogP contribution in [0.4, 0.5) is 0 Å². The molecule has 2 aliphatic rings. The number of amides is 1. The van der Waals surface area contributed by atoms with Crippen LogP contribution in [0.1, 0.15) is 31.2 Å². The highest BCUT2D eigenvalue weighted by Gasteiger charge is 2.48. The number of hydrogen-bond acceptors (Lipinski definition) is 4. The monoisotopic (exact) mass is 342 g/mol. The molecular formula is C15H22N2O3S2. The van der Waals surface area contributed by atoms with E-state index in [-0.39, 0.29) is 11.4 Å². The van der Waals surface area contributed by atoms with Crippen molar-refractivity contribution in [1.29, 1.82) is 0 Å². The van der Waals surface area contributed by atoms with E-state index >= 15 is 0 Å². The van der Waals surface area contributed by atoms with Crippen molar-refractivity contribution in [3.63, 3.8) is 0 Å². The Kier molecular flexibility index (Phi) is 4.31. The first-order valence-corrected chi connectivity index (χ1v) is 10.5. The molecule has 1 amide bonds. The summed E-state index contributed by atoms with van der Waals surface area (Å²) >= 11 is 1.59. The molecule has 0 aromatic carbocycles. The van der Waals surface area contributed by atoms with Crippen molar-refractivity contribution < 1.29 is 13.2 Å². The molecule has 5 nitrogen and oxygen atoms in total. The fourth-order valence-corrected chi connectivity index (χ4v) is 5.92. The molecule has 0 saturated carbocycles. The van der Waals surface area contributed by atoms with Gasteiger partial charge in [0.05, 0.1) is 18.2 Å². The number of hydrogen-bond donors (Lipinski definition) is 0. The summed E-state index contributed by atoms with van der Waals surface area (Å²) in [5.74, 6) is 0.109. The van der Waals surface area contributed by atoms with Gasteiger partial charge in [0.15, 0.2) is 0 Å². The zero-order valence-corrected chi connectivity index (χ0v) is 14.5. The number of piperidine rings is 1. The molecule has 1 spiro atoms. The van der Waals surface area contributed by atoms with Crippen molar-refractivity contribution in [2.24, 2.45) is 0 Å². The molecule has 0 aliphatic carbocycles. The Hall–Kier alpha value is -0.920. The van der Waals surface area contributed by atoms with Crippen LogP contribution in [0.25, 0.3) is 0 Å². The Morgan fingerprint density at radius 1 is 1.32 bits per heavy atom. The lowest BCUT2D eigenvalue weighted by Gasteiger charge is -2.44. The van der Waals surface area contributed by atoms with Gasteiger partial charge < -0.3 is 4.90 Å². The summed E-state index contributed by atoms with van der Waals surface area (Å²) in [7, 11) is -3.21. The van der Waals surface area contributed by atoms with Crippen LogP contribution in [0.5, 0.6) is 0 Å². The molecule has 22 heavy (non-hydrogen) atoms. The first-order valence-electron chi connectivity index (χ1n) is 7.67. The van der Waals surface area contributed by atoms with E-state index in [2.05, 4.69) is 0 Å². The summed E-state index contributed by atoms with van der Waals surface area (Å²) in [5, 5.41) is 3.97. The van der Waals surface area contributed by atoms with Crippen LogP contribution in [0.2, 0.25) is 0 Å². The zero-order valence-electron chi connectivity index (χ0n) is 12.8. The molecule has 0 radical (unpaired) electrons. The van der Waals surface area contributed by atoms with Gasteiger partial charge in [-0.25, -0.2) is 8.42 Å². The van der Waals surface area contributed by atoms with E-state index in [1.165, 1.54) is 6.26 Å². The Labute approximate surface area is 136 Å². The largest absolute Gasteiger partial charge is 0.341 e. The van der Waals surface area contributed by atoms with E-state index in [4.69, 9.17) is 0 Å². The SMILES string of the molecule is CS(=O)(=O)N1CCCC12CCCN(C(=O)Cc1ccsc1)C2. The summed E-state index contributed by atoms with van der Waals surface area (Å²) < 4.78 is 25.8. The third-order valence-electron chi connectivity index (χ3n) is 4.78. The van der Waals surface area contributed by atoms with Gasteiger partial charge in [0.25, 0.3) is 0 Å². The Bertz CT molecular complexity index is 642.